The second kappa shape index (κ2) is 5.15. The monoisotopic (exact) mass is 246 g/mol. The molecule has 0 spiro atoms. The number of halogens is 2. The largest absolute Gasteiger partial charge is 0.389 e. The van der Waals surface area contributed by atoms with E-state index in [1.54, 1.807) is 6.92 Å². The fourth-order valence-electron chi connectivity index (χ4n) is 0.978. The third kappa shape index (κ3) is 3.46. The molecule has 1 nitrogen and oxygen atoms in total. The Hall–Kier alpha value is -0.610. The molecule has 0 bridgehead atoms. The zero-order valence-corrected chi connectivity index (χ0v) is 10.4. The van der Waals surface area contributed by atoms with Gasteiger partial charge in [-0.3, -0.25) is 0 Å². The van der Waals surface area contributed by atoms with E-state index in [9.17, 15) is 13.9 Å². The van der Waals surface area contributed by atoms with Gasteiger partial charge in [0.25, 0.3) is 0 Å². The number of hydrogen-bond donors (Lipinski definition) is 1. The molecule has 90 valence electrons. The van der Waals surface area contributed by atoms with Crippen LogP contribution in [0.1, 0.15) is 20.8 Å². The molecule has 0 amide bonds. The van der Waals surface area contributed by atoms with Crippen LogP contribution in [0.2, 0.25) is 0 Å². The second-order valence-electron chi connectivity index (χ2n) is 4.38. The summed E-state index contributed by atoms with van der Waals surface area (Å²) < 4.78 is 26.2. The normalized spacial score (nSPS) is 15.2. The van der Waals surface area contributed by atoms with Crippen molar-refractivity contribution in [2.75, 3.05) is 5.75 Å². The molecule has 0 aliphatic carbocycles. The van der Waals surface area contributed by atoms with Crippen LogP contribution in [0.3, 0.4) is 0 Å². The predicted molar refractivity (Wildman–Crippen MR) is 62.5 cm³/mol. The van der Waals surface area contributed by atoms with Crippen LogP contribution in [0, 0.1) is 17.6 Å². The van der Waals surface area contributed by atoms with Gasteiger partial charge in [-0.05, 0) is 31.0 Å². The SMILES string of the molecule is CC(C)C(C)(O)CSc1cc(F)ccc1F. The minimum absolute atomic E-state index is 0.0663. The number of hydrogen-bond acceptors (Lipinski definition) is 2. The van der Waals surface area contributed by atoms with Gasteiger partial charge in [0, 0.05) is 10.6 Å². The molecule has 1 N–H and O–H groups in total. The van der Waals surface area contributed by atoms with Gasteiger partial charge in [-0.15, -0.1) is 11.8 Å². The smallest absolute Gasteiger partial charge is 0.136 e. The number of benzene rings is 1. The van der Waals surface area contributed by atoms with Crippen molar-refractivity contribution in [1.29, 1.82) is 0 Å². The van der Waals surface area contributed by atoms with Gasteiger partial charge < -0.3 is 5.11 Å². The molecule has 0 aliphatic rings. The van der Waals surface area contributed by atoms with Crippen LogP contribution in [-0.2, 0) is 0 Å². The summed E-state index contributed by atoms with van der Waals surface area (Å²) in [6.07, 6.45) is 0. The summed E-state index contributed by atoms with van der Waals surface area (Å²) in [6.45, 7) is 5.48. The quantitative estimate of drug-likeness (QED) is 0.821. The van der Waals surface area contributed by atoms with Crippen molar-refractivity contribution in [2.45, 2.75) is 31.3 Å². The van der Waals surface area contributed by atoms with Crippen molar-refractivity contribution in [3.63, 3.8) is 0 Å². The molecule has 0 aromatic heterocycles. The number of rotatable bonds is 4. The molecule has 1 aromatic rings. The Labute approximate surface area is 98.9 Å². The molecular weight excluding hydrogens is 230 g/mol. The van der Waals surface area contributed by atoms with E-state index in [1.165, 1.54) is 0 Å². The van der Waals surface area contributed by atoms with E-state index >= 15 is 0 Å². The van der Waals surface area contributed by atoms with Gasteiger partial charge in [0.1, 0.15) is 11.6 Å². The highest BCUT2D eigenvalue weighted by Gasteiger charge is 2.25. The molecule has 0 saturated carbocycles. The highest BCUT2D eigenvalue weighted by Crippen LogP contribution is 2.29. The minimum Gasteiger partial charge on any atom is -0.389 e. The molecule has 0 heterocycles. The lowest BCUT2D eigenvalue weighted by atomic mass is 9.95. The van der Waals surface area contributed by atoms with Gasteiger partial charge in [-0.2, -0.15) is 0 Å². The molecule has 0 radical (unpaired) electrons. The Kier molecular flexibility index (Phi) is 4.33. The van der Waals surface area contributed by atoms with E-state index in [0.717, 1.165) is 30.0 Å². The summed E-state index contributed by atoms with van der Waals surface area (Å²) in [4.78, 5) is 0.237. The zero-order valence-electron chi connectivity index (χ0n) is 9.63. The van der Waals surface area contributed by atoms with Crippen molar-refractivity contribution in [1.82, 2.24) is 0 Å². The Bertz CT molecular complexity index is 364. The standard InChI is InChI=1S/C12H16F2OS/c1-8(2)12(3,15)7-16-11-6-9(13)4-5-10(11)14/h4-6,8,15H,7H2,1-3H3. The first-order chi connectivity index (χ1) is 7.33. The Balaban J connectivity index is 2.71. The Morgan fingerprint density at radius 1 is 1.38 bits per heavy atom. The lowest BCUT2D eigenvalue weighted by molar-refractivity contribution is 0.0376. The van der Waals surface area contributed by atoms with Crippen molar-refractivity contribution in [3.8, 4) is 0 Å². The highest BCUT2D eigenvalue weighted by atomic mass is 32.2. The van der Waals surface area contributed by atoms with Gasteiger partial charge in [0.2, 0.25) is 0 Å². The molecule has 1 atom stereocenters. The molecule has 0 fully saturated rings. The second-order valence-corrected chi connectivity index (χ2v) is 5.39. The Morgan fingerprint density at radius 2 is 2.00 bits per heavy atom. The van der Waals surface area contributed by atoms with Crippen LogP contribution < -0.4 is 0 Å². The van der Waals surface area contributed by atoms with E-state index in [-0.39, 0.29) is 10.8 Å². The maximum absolute atomic E-state index is 13.3. The summed E-state index contributed by atoms with van der Waals surface area (Å²) >= 11 is 1.13. The summed E-state index contributed by atoms with van der Waals surface area (Å²) in [5.41, 5.74) is -0.885. The molecule has 1 unspecified atom stereocenters. The van der Waals surface area contributed by atoms with E-state index < -0.39 is 17.2 Å². The van der Waals surface area contributed by atoms with E-state index in [4.69, 9.17) is 0 Å². The van der Waals surface area contributed by atoms with Gasteiger partial charge in [0.05, 0.1) is 5.60 Å². The number of thioether (sulfide) groups is 1. The van der Waals surface area contributed by atoms with Crippen LogP contribution in [0.5, 0.6) is 0 Å². The van der Waals surface area contributed by atoms with Gasteiger partial charge >= 0.3 is 0 Å². The Morgan fingerprint density at radius 3 is 2.56 bits per heavy atom. The maximum Gasteiger partial charge on any atom is 0.136 e. The summed E-state index contributed by atoms with van der Waals surface area (Å²) in [6, 6.07) is 3.33. The molecule has 0 aliphatic heterocycles. The summed E-state index contributed by atoms with van der Waals surface area (Å²) in [5, 5.41) is 9.98. The lowest BCUT2D eigenvalue weighted by Crippen LogP contribution is -2.33. The van der Waals surface area contributed by atoms with Crippen LogP contribution >= 0.6 is 11.8 Å². The van der Waals surface area contributed by atoms with Crippen molar-refractivity contribution in [3.05, 3.63) is 29.8 Å². The first kappa shape index (κ1) is 13.5. The van der Waals surface area contributed by atoms with Crippen LogP contribution in [0.25, 0.3) is 0 Å². The highest BCUT2D eigenvalue weighted by molar-refractivity contribution is 7.99. The average Bonchev–Trinajstić information content (AvgIpc) is 2.19. The van der Waals surface area contributed by atoms with E-state index in [1.807, 2.05) is 13.8 Å². The van der Waals surface area contributed by atoms with Crippen molar-refractivity contribution in [2.24, 2.45) is 5.92 Å². The lowest BCUT2D eigenvalue weighted by Gasteiger charge is -2.27. The molecular formula is C12H16F2OS. The van der Waals surface area contributed by atoms with Crippen LogP contribution in [-0.4, -0.2) is 16.5 Å². The van der Waals surface area contributed by atoms with E-state index in [2.05, 4.69) is 0 Å². The van der Waals surface area contributed by atoms with Gasteiger partial charge in [0.15, 0.2) is 0 Å². The third-order valence-corrected chi connectivity index (χ3v) is 4.01. The zero-order chi connectivity index (χ0) is 12.3. The van der Waals surface area contributed by atoms with Crippen LogP contribution in [0.15, 0.2) is 23.1 Å². The fraction of sp³-hybridized carbons (Fsp3) is 0.500. The van der Waals surface area contributed by atoms with Gasteiger partial charge in [-0.25, -0.2) is 8.78 Å². The van der Waals surface area contributed by atoms with Crippen molar-refractivity contribution >= 4 is 11.8 Å². The third-order valence-electron chi connectivity index (χ3n) is 2.66. The molecule has 0 saturated heterocycles. The first-order valence-electron chi connectivity index (χ1n) is 5.13. The van der Waals surface area contributed by atoms with Crippen LogP contribution in [0.4, 0.5) is 8.78 Å². The molecule has 1 aromatic carbocycles. The average molecular weight is 246 g/mol. The first-order valence-corrected chi connectivity index (χ1v) is 6.11. The number of aliphatic hydroxyl groups is 1. The molecule has 4 heteroatoms. The summed E-state index contributed by atoms with van der Waals surface area (Å²) in [5.74, 6) is -0.513. The van der Waals surface area contributed by atoms with E-state index in [0.29, 0.717) is 5.75 Å². The van der Waals surface area contributed by atoms with Crippen molar-refractivity contribution < 1.29 is 13.9 Å². The molecule has 1 rings (SSSR count). The predicted octanol–water partition coefficient (Wildman–Crippen LogP) is 3.46. The minimum atomic E-state index is -0.885. The van der Waals surface area contributed by atoms with Gasteiger partial charge in [-0.1, -0.05) is 13.8 Å². The maximum atomic E-state index is 13.3. The summed E-state index contributed by atoms with van der Waals surface area (Å²) in [7, 11) is 0. The topological polar surface area (TPSA) is 20.2 Å². The molecule has 16 heavy (non-hydrogen) atoms. The fourth-order valence-corrected chi connectivity index (χ4v) is 2.16.